The third-order valence-electron chi connectivity index (χ3n) is 7.16. The van der Waals surface area contributed by atoms with E-state index in [9.17, 15) is 4.79 Å². The monoisotopic (exact) mass is 563 g/mol. The van der Waals surface area contributed by atoms with E-state index in [2.05, 4.69) is 41.1 Å². The number of piperazine rings is 1. The molecule has 0 atom stereocenters. The highest BCUT2D eigenvalue weighted by molar-refractivity contribution is 7.22. The second-order valence-corrected chi connectivity index (χ2v) is 11.4. The van der Waals surface area contributed by atoms with Crippen molar-refractivity contribution in [1.29, 1.82) is 0 Å². The van der Waals surface area contributed by atoms with Gasteiger partial charge in [0, 0.05) is 44.7 Å². The lowest BCUT2D eigenvalue weighted by Crippen LogP contribution is -2.48. The molecule has 1 saturated heterocycles. The fourth-order valence-electron chi connectivity index (χ4n) is 4.85. The Balaban J connectivity index is 0.00000294. The lowest BCUT2D eigenvalue weighted by atomic mass is 10.1. The van der Waals surface area contributed by atoms with E-state index in [1.165, 1.54) is 15.8 Å². The van der Waals surface area contributed by atoms with E-state index < -0.39 is 0 Å². The summed E-state index contributed by atoms with van der Waals surface area (Å²) in [5, 5.41) is 7.18. The van der Waals surface area contributed by atoms with Gasteiger partial charge in [-0.1, -0.05) is 41.7 Å². The summed E-state index contributed by atoms with van der Waals surface area (Å²) in [6.07, 6.45) is 0. The number of halogens is 1. The zero-order valence-electron chi connectivity index (χ0n) is 21.4. The Labute approximate surface area is 236 Å². The third kappa shape index (κ3) is 5.27. The number of hydrogen-bond acceptors (Lipinski definition) is 7. The van der Waals surface area contributed by atoms with Crippen LogP contribution in [0.25, 0.3) is 31.7 Å². The molecule has 38 heavy (non-hydrogen) atoms. The topological polar surface area (TPSA) is 61.4 Å². The zero-order chi connectivity index (χ0) is 25.4. The van der Waals surface area contributed by atoms with Crippen molar-refractivity contribution in [1.82, 2.24) is 20.2 Å². The Morgan fingerprint density at radius 3 is 2.61 bits per heavy atom. The molecule has 3 aromatic heterocycles. The first-order valence-electron chi connectivity index (χ1n) is 12.6. The van der Waals surface area contributed by atoms with Gasteiger partial charge in [-0.05, 0) is 54.6 Å². The van der Waals surface area contributed by atoms with Gasteiger partial charge in [0.25, 0.3) is 5.91 Å². The molecule has 196 valence electrons. The number of nitrogens with zero attached hydrogens (tertiary/aromatic N) is 4. The summed E-state index contributed by atoms with van der Waals surface area (Å²) in [5.41, 5.74) is 6.07. The van der Waals surface area contributed by atoms with Gasteiger partial charge in [0.1, 0.15) is 0 Å². The lowest BCUT2D eigenvalue weighted by molar-refractivity contribution is 0.0949. The normalized spacial score (nSPS) is 14.1. The van der Waals surface area contributed by atoms with E-state index >= 15 is 0 Å². The molecule has 1 aliphatic heterocycles. The third-order valence-corrected chi connectivity index (χ3v) is 9.14. The minimum Gasteiger partial charge on any atom is -0.351 e. The number of nitrogens with one attached hydrogen (secondary N) is 1. The van der Waals surface area contributed by atoms with Crippen LogP contribution in [0.4, 0.5) is 5.13 Å². The van der Waals surface area contributed by atoms with E-state index in [1.54, 1.807) is 22.7 Å². The molecule has 6 nitrogen and oxygen atoms in total. The SMILES string of the molecule is Cc1ccc2sc(N3CCN(CCNC(=O)c4cc(-c5cccs5)nc5ccccc45)CC3)nc2c1C.Cl. The van der Waals surface area contributed by atoms with Crippen molar-refractivity contribution >= 4 is 67.2 Å². The second kappa shape index (κ2) is 11.4. The maximum atomic E-state index is 13.2. The van der Waals surface area contributed by atoms with Crippen molar-refractivity contribution in [3.8, 4) is 10.6 Å². The Bertz CT molecular complexity index is 1580. The van der Waals surface area contributed by atoms with Crippen LogP contribution < -0.4 is 10.2 Å². The zero-order valence-corrected chi connectivity index (χ0v) is 23.9. The van der Waals surface area contributed by atoms with Crippen molar-refractivity contribution in [2.45, 2.75) is 13.8 Å². The van der Waals surface area contributed by atoms with Crippen molar-refractivity contribution in [2.75, 3.05) is 44.2 Å². The quantitative estimate of drug-likeness (QED) is 0.268. The first kappa shape index (κ1) is 26.6. The predicted molar refractivity (Wildman–Crippen MR) is 162 cm³/mol. The highest BCUT2D eigenvalue weighted by Gasteiger charge is 2.21. The molecular formula is C29H30ClN5OS2. The number of aryl methyl sites for hydroxylation is 2. The second-order valence-electron chi connectivity index (χ2n) is 9.48. The van der Waals surface area contributed by atoms with Crippen LogP contribution in [0.3, 0.4) is 0 Å². The maximum Gasteiger partial charge on any atom is 0.252 e. The Morgan fingerprint density at radius 1 is 1.00 bits per heavy atom. The molecule has 9 heteroatoms. The van der Waals surface area contributed by atoms with Crippen molar-refractivity contribution in [2.24, 2.45) is 0 Å². The summed E-state index contributed by atoms with van der Waals surface area (Å²) in [6, 6.07) is 18.2. The van der Waals surface area contributed by atoms with Gasteiger partial charge in [-0.25, -0.2) is 9.97 Å². The molecule has 0 unspecified atom stereocenters. The smallest absolute Gasteiger partial charge is 0.252 e. The summed E-state index contributed by atoms with van der Waals surface area (Å²) in [7, 11) is 0. The highest BCUT2D eigenvalue weighted by Crippen LogP contribution is 2.32. The molecule has 1 aliphatic rings. The predicted octanol–water partition coefficient (Wildman–Crippen LogP) is 6.16. The average molecular weight is 564 g/mol. The molecule has 5 aromatic rings. The van der Waals surface area contributed by atoms with Crippen LogP contribution >= 0.6 is 35.1 Å². The van der Waals surface area contributed by atoms with E-state index in [1.807, 2.05) is 47.8 Å². The van der Waals surface area contributed by atoms with Gasteiger partial charge in [-0.2, -0.15) is 0 Å². The molecular weight excluding hydrogens is 534 g/mol. The van der Waals surface area contributed by atoms with Crippen LogP contribution in [0.2, 0.25) is 0 Å². The van der Waals surface area contributed by atoms with Gasteiger partial charge in [0.15, 0.2) is 5.13 Å². The minimum atomic E-state index is -0.0461. The lowest BCUT2D eigenvalue weighted by Gasteiger charge is -2.34. The van der Waals surface area contributed by atoms with E-state index in [0.717, 1.165) is 64.8 Å². The number of anilines is 1. The number of para-hydroxylation sites is 1. The molecule has 0 aliphatic carbocycles. The fraction of sp³-hybridized carbons (Fsp3) is 0.276. The number of thiazole rings is 1. The van der Waals surface area contributed by atoms with Crippen LogP contribution in [-0.4, -0.2) is 60.0 Å². The standard InChI is InChI=1S/C29H29N5OS2.ClH/c1-19-9-10-26-27(20(19)2)32-29(37-26)34-15-13-33(14-16-34)12-11-30-28(35)22-18-24(25-8-5-17-36-25)31-23-7-4-3-6-21(22)23;/h3-10,17-18H,11-16H2,1-2H3,(H,30,35);1H. The largest absolute Gasteiger partial charge is 0.351 e. The summed E-state index contributed by atoms with van der Waals surface area (Å²) in [6.45, 7) is 9.57. The first-order chi connectivity index (χ1) is 18.1. The minimum absolute atomic E-state index is 0. The molecule has 0 saturated carbocycles. The molecule has 0 radical (unpaired) electrons. The van der Waals surface area contributed by atoms with Gasteiger partial charge < -0.3 is 10.2 Å². The number of amides is 1. The van der Waals surface area contributed by atoms with Crippen molar-refractivity contribution < 1.29 is 4.79 Å². The molecule has 2 aromatic carbocycles. The summed E-state index contributed by atoms with van der Waals surface area (Å²) < 4.78 is 1.26. The number of benzene rings is 2. The van der Waals surface area contributed by atoms with Gasteiger partial charge in [-0.15, -0.1) is 23.7 Å². The maximum absolute atomic E-state index is 13.2. The number of fused-ring (bicyclic) bond motifs is 2. The number of thiophene rings is 1. The number of carbonyl (C=O) groups excluding carboxylic acids is 1. The number of hydrogen-bond donors (Lipinski definition) is 1. The van der Waals surface area contributed by atoms with Gasteiger partial charge >= 0.3 is 0 Å². The molecule has 0 spiro atoms. The fourth-order valence-corrected chi connectivity index (χ4v) is 6.61. The Kier molecular flexibility index (Phi) is 7.95. The van der Waals surface area contributed by atoms with E-state index in [0.29, 0.717) is 12.1 Å². The van der Waals surface area contributed by atoms with Gasteiger partial charge in [-0.3, -0.25) is 9.69 Å². The summed E-state index contributed by atoms with van der Waals surface area (Å²) in [4.78, 5) is 28.8. The van der Waals surface area contributed by atoms with Crippen LogP contribution in [0.15, 0.2) is 60.0 Å². The Morgan fingerprint density at radius 2 is 1.82 bits per heavy atom. The number of rotatable bonds is 6. The number of carbonyl (C=O) groups is 1. The van der Waals surface area contributed by atoms with Gasteiger partial charge in [0.2, 0.25) is 0 Å². The molecule has 6 rings (SSSR count). The molecule has 1 amide bonds. The number of aromatic nitrogens is 2. The van der Waals surface area contributed by atoms with E-state index in [4.69, 9.17) is 9.97 Å². The van der Waals surface area contributed by atoms with Crippen molar-refractivity contribution in [3.05, 3.63) is 76.7 Å². The van der Waals surface area contributed by atoms with Crippen LogP contribution in [-0.2, 0) is 0 Å². The summed E-state index contributed by atoms with van der Waals surface area (Å²) in [5.74, 6) is -0.0461. The van der Waals surface area contributed by atoms with E-state index in [-0.39, 0.29) is 18.3 Å². The van der Waals surface area contributed by atoms with Crippen LogP contribution in [0.5, 0.6) is 0 Å². The van der Waals surface area contributed by atoms with Crippen LogP contribution in [0, 0.1) is 13.8 Å². The Hall–Kier alpha value is -3.04. The molecule has 4 heterocycles. The molecule has 1 fully saturated rings. The molecule has 1 N–H and O–H groups in total. The van der Waals surface area contributed by atoms with Crippen LogP contribution in [0.1, 0.15) is 21.5 Å². The summed E-state index contributed by atoms with van der Waals surface area (Å²) >= 11 is 3.42. The molecule has 0 bridgehead atoms. The van der Waals surface area contributed by atoms with Crippen molar-refractivity contribution in [3.63, 3.8) is 0 Å². The van der Waals surface area contributed by atoms with Gasteiger partial charge in [0.05, 0.1) is 31.9 Å². The first-order valence-corrected chi connectivity index (χ1v) is 14.3. The number of pyridine rings is 1. The highest BCUT2D eigenvalue weighted by atomic mass is 35.5. The average Bonchev–Trinajstić information content (AvgIpc) is 3.62.